The smallest absolute Gasteiger partial charge is 0.232 e. The van der Waals surface area contributed by atoms with Crippen molar-refractivity contribution in [2.45, 2.75) is 6.92 Å². The second-order valence-electron chi connectivity index (χ2n) is 5.41. The van der Waals surface area contributed by atoms with E-state index in [4.69, 9.17) is 5.73 Å². The van der Waals surface area contributed by atoms with Crippen LogP contribution in [0.15, 0.2) is 54.6 Å². The van der Waals surface area contributed by atoms with Crippen LogP contribution in [0.2, 0.25) is 0 Å². The van der Waals surface area contributed by atoms with Gasteiger partial charge in [0.15, 0.2) is 5.82 Å². The summed E-state index contributed by atoms with van der Waals surface area (Å²) in [5.74, 6) is 0.572. The summed E-state index contributed by atoms with van der Waals surface area (Å²) in [6.07, 6.45) is 1.71. The molecule has 0 bridgehead atoms. The van der Waals surface area contributed by atoms with Crippen LogP contribution in [0.5, 0.6) is 0 Å². The number of nitriles is 1. The van der Waals surface area contributed by atoms with E-state index >= 15 is 0 Å². The number of nitrogens with two attached hydrogens (primary N) is 1. The minimum absolute atomic E-state index is 0.0498. The van der Waals surface area contributed by atoms with Crippen LogP contribution in [0.1, 0.15) is 17.0 Å². The highest BCUT2D eigenvalue weighted by molar-refractivity contribution is 5.87. The number of hydrogen-bond donors (Lipinski definition) is 2. The van der Waals surface area contributed by atoms with E-state index in [1.807, 2.05) is 61.5 Å². The lowest BCUT2D eigenvalue weighted by atomic mass is 10.1. The van der Waals surface area contributed by atoms with Gasteiger partial charge in [-0.05, 0) is 30.7 Å². The molecule has 0 aliphatic rings. The van der Waals surface area contributed by atoms with Gasteiger partial charge < -0.3 is 11.1 Å². The lowest BCUT2D eigenvalue weighted by molar-refractivity contribution is 1.04. The normalized spacial score (nSPS) is 11.0. The Labute approximate surface area is 145 Å². The number of benzene rings is 2. The first-order valence-corrected chi connectivity index (χ1v) is 7.66. The average molecular weight is 328 g/mol. The summed E-state index contributed by atoms with van der Waals surface area (Å²) in [5, 5.41) is 12.5. The van der Waals surface area contributed by atoms with Gasteiger partial charge in [-0.3, -0.25) is 0 Å². The zero-order valence-electron chi connectivity index (χ0n) is 13.6. The number of allylic oxidation sites excluding steroid dienone is 1. The first-order chi connectivity index (χ1) is 12.1. The second-order valence-corrected chi connectivity index (χ2v) is 5.41. The maximum Gasteiger partial charge on any atom is 0.232 e. The van der Waals surface area contributed by atoms with Crippen LogP contribution in [-0.2, 0) is 0 Å². The molecule has 6 nitrogen and oxygen atoms in total. The topological polar surface area (TPSA) is 101 Å². The van der Waals surface area contributed by atoms with E-state index in [1.165, 1.54) is 0 Å². The molecule has 1 heterocycles. The lowest BCUT2D eigenvalue weighted by Gasteiger charge is -2.07. The highest BCUT2D eigenvalue weighted by Crippen LogP contribution is 2.18. The summed E-state index contributed by atoms with van der Waals surface area (Å²) in [5.41, 5.74) is 8.96. The largest absolute Gasteiger partial charge is 0.368 e. The lowest BCUT2D eigenvalue weighted by Crippen LogP contribution is -2.06. The molecule has 3 N–H and O–H groups in total. The predicted molar refractivity (Wildman–Crippen MR) is 98.6 cm³/mol. The van der Waals surface area contributed by atoms with Gasteiger partial charge in [-0.2, -0.15) is 20.2 Å². The van der Waals surface area contributed by atoms with E-state index in [9.17, 15) is 5.26 Å². The summed E-state index contributed by atoms with van der Waals surface area (Å²) >= 11 is 0. The van der Waals surface area contributed by atoms with Crippen molar-refractivity contribution in [3.63, 3.8) is 0 Å². The molecule has 0 amide bonds. The number of aryl methyl sites for hydroxylation is 1. The molecule has 0 saturated carbocycles. The molecule has 0 aliphatic carbocycles. The maximum atomic E-state index is 9.46. The molecule has 0 fully saturated rings. The molecule has 6 heteroatoms. The summed E-state index contributed by atoms with van der Waals surface area (Å²) in [4.78, 5) is 12.5. The number of aromatic nitrogens is 3. The second kappa shape index (κ2) is 7.23. The molecule has 0 spiro atoms. The molecule has 0 atom stereocenters. The van der Waals surface area contributed by atoms with Crippen molar-refractivity contribution in [2.24, 2.45) is 0 Å². The molecule has 3 aromatic rings. The van der Waals surface area contributed by atoms with Crippen molar-refractivity contribution < 1.29 is 0 Å². The Bertz CT molecular complexity index is 940. The molecule has 122 valence electrons. The molecule has 0 aliphatic heterocycles. The molecule has 25 heavy (non-hydrogen) atoms. The van der Waals surface area contributed by atoms with E-state index in [-0.39, 0.29) is 11.8 Å². The van der Waals surface area contributed by atoms with Crippen molar-refractivity contribution in [3.05, 3.63) is 71.5 Å². The average Bonchev–Trinajstić information content (AvgIpc) is 2.62. The van der Waals surface area contributed by atoms with Crippen molar-refractivity contribution in [1.29, 1.82) is 5.26 Å². The van der Waals surface area contributed by atoms with Gasteiger partial charge in [-0.1, -0.05) is 48.0 Å². The first-order valence-electron chi connectivity index (χ1n) is 7.66. The van der Waals surface area contributed by atoms with Crippen LogP contribution >= 0.6 is 0 Å². The van der Waals surface area contributed by atoms with Crippen LogP contribution in [-0.4, -0.2) is 15.0 Å². The predicted octanol–water partition coefficient (Wildman–Crippen LogP) is 3.57. The van der Waals surface area contributed by atoms with Gasteiger partial charge in [0.1, 0.15) is 6.07 Å². The Morgan fingerprint density at radius 2 is 1.76 bits per heavy atom. The van der Waals surface area contributed by atoms with Crippen molar-refractivity contribution in [1.82, 2.24) is 15.0 Å². The Kier molecular flexibility index (Phi) is 4.67. The van der Waals surface area contributed by atoms with Gasteiger partial charge in [-0.25, -0.2) is 0 Å². The summed E-state index contributed by atoms with van der Waals surface area (Å²) in [7, 11) is 0. The zero-order chi connectivity index (χ0) is 17.6. The Morgan fingerprint density at radius 3 is 2.44 bits per heavy atom. The molecule has 1 aromatic heterocycles. The number of nitrogen functional groups attached to an aromatic ring is 1. The summed E-state index contributed by atoms with van der Waals surface area (Å²) in [6, 6.07) is 19.4. The molecule has 0 radical (unpaired) electrons. The van der Waals surface area contributed by atoms with Crippen molar-refractivity contribution in [2.75, 3.05) is 11.1 Å². The number of nitrogens with one attached hydrogen (secondary N) is 1. The fourth-order valence-corrected chi connectivity index (χ4v) is 2.20. The Morgan fingerprint density at radius 1 is 1.04 bits per heavy atom. The van der Waals surface area contributed by atoms with Gasteiger partial charge in [-0.15, -0.1) is 0 Å². The van der Waals surface area contributed by atoms with Crippen LogP contribution in [0.25, 0.3) is 11.6 Å². The number of anilines is 3. The first kappa shape index (κ1) is 16.1. The van der Waals surface area contributed by atoms with Gasteiger partial charge in [0.05, 0.1) is 5.57 Å². The van der Waals surface area contributed by atoms with E-state index in [1.54, 1.807) is 6.08 Å². The van der Waals surface area contributed by atoms with E-state index in [0.717, 1.165) is 16.8 Å². The van der Waals surface area contributed by atoms with Gasteiger partial charge in [0.2, 0.25) is 11.9 Å². The van der Waals surface area contributed by atoms with E-state index in [0.29, 0.717) is 11.5 Å². The van der Waals surface area contributed by atoms with Gasteiger partial charge >= 0.3 is 0 Å². The minimum atomic E-state index is 0.0498. The monoisotopic (exact) mass is 328 g/mol. The molecular formula is C19H16N6. The SMILES string of the molecule is Cc1ccc(Nc2nc(N)nc(C(C#N)=Cc3ccccc3)n2)cc1. The number of rotatable bonds is 4. The van der Waals surface area contributed by atoms with Crippen LogP contribution in [0.3, 0.4) is 0 Å². The Balaban J connectivity index is 1.94. The van der Waals surface area contributed by atoms with E-state index in [2.05, 4.69) is 26.3 Å². The highest BCUT2D eigenvalue weighted by Gasteiger charge is 2.10. The van der Waals surface area contributed by atoms with Crippen molar-refractivity contribution in [3.8, 4) is 6.07 Å². The van der Waals surface area contributed by atoms with Crippen molar-refractivity contribution >= 4 is 29.2 Å². The standard InChI is InChI=1S/C19H16N6/c1-13-7-9-16(10-8-13)22-19-24-17(23-18(21)25-19)15(12-20)11-14-5-3-2-4-6-14/h2-11H,1H3,(H3,21,22,23,24,25). The van der Waals surface area contributed by atoms with Gasteiger partial charge in [0, 0.05) is 5.69 Å². The molecule has 2 aromatic carbocycles. The quantitative estimate of drug-likeness (QED) is 0.710. The molecule has 0 unspecified atom stereocenters. The molecule has 3 rings (SSSR count). The molecular weight excluding hydrogens is 312 g/mol. The highest BCUT2D eigenvalue weighted by atomic mass is 15.2. The number of nitrogens with zero attached hydrogens (tertiary/aromatic N) is 4. The third kappa shape index (κ3) is 4.18. The van der Waals surface area contributed by atoms with Crippen LogP contribution in [0, 0.1) is 18.3 Å². The maximum absolute atomic E-state index is 9.46. The summed E-state index contributed by atoms with van der Waals surface area (Å²) in [6.45, 7) is 2.01. The Hall–Kier alpha value is -3.72. The molecule has 0 saturated heterocycles. The van der Waals surface area contributed by atoms with Crippen LogP contribution in [0.4, 0.5) is 17.6 Å². The third-order valence-corrected chi connectivity index (χ3v) is 3.43. The summed E-state index contributed by atoms with van der Waals surface area (Å²) < 4.78 is 0. The fraction of sp³-hybridized carbons (Fsp3) is 0.0526. The fourth-order valence-electron chi connectivity index (χ4n) is 2.20. The van der Waals surface area contributed by atoms with Crippen LogP contribution < -0.4 is 11.1 Å². The zero-order valence-corrected chi connectivity index (χ0v) is 13.6. The van der Waals surface area contributed by atoms with Gasteiger partial charge in [0.25, 0.3) is 0 Å². The number of hydrogen-bond acceptors (Lipinski definition) is 6. The minimum Gasteiger partial charge on any atom is -0.368 e. The third-order valence-electron chi connectivity index (χ3n) is 3.43. The van der Waals surface area contributed by atoms with E-state index < -0.39 is 0 Å².